The zero-order chi connectivity index (χ0) is 19.6. The van der Waals surface area contributed by atoms with Crippen LogP contribution in [0.2, 0.25) is 0 Å². The molecule has 5 nitrogen and oxygen atoms in total. The Hall–Kier alpha value is -2.82. The fourth-order valence-corrected chi connectivity index (χ4v) is 2.92. The summed E-state index contributed by atoms with van der Waals surface area (Å²) in [5, 5.41) is 2.66. The molecule has 0 heterocycles. The van der Waals surface area contributed by atoms with Crippen LogP contribution in [0.15, 0.2) is 54.6 Å². The Morgan fingerprint density at radius 2 is 1.74 bits per heavy atom. The molecule has 2 rings (SSSR count). The number of benzene rings is 2. The average molecular weight is 368 g/mol. The molecule has 2 aromatic rings. The first-order valence-electron chi connectivity index (χ1n) is 9.29. The SMILES string of the molecule is CCC(C(=O)NC)N(CCc1ccccc1)C(=O)COc1ccc(C)cc1. The van der Waals surface area contributed by atoms with Crippen molar-refractivity contribution in [3.05, 3.63) is 65.7 Å². The molecule has 1 unspecified atom stereocenters. The van der Waals surface area contributed by atoms with Crippen molar-refractivity contribution in [2.45, 2.75) is 32.7 Å². The Bertz CT molecular complexity index is 729. The van der Waals surface area contributed by atoms with E-state index in [0.29, 0.717) is 25.1 Å². The molecule has 1 N–H and O–H groups in total. The lowest BCUT2D eigenvalue weighted by molar-refractivity contribution is -0.142. The Morgan fingerprint density at radius 3 is 2.33 bits per heavy atom. The number of rotatable bonds is 9. The molecule has 2 amide bonds. The number of ether oxygens (including phenoxy) is 1. The standard InChI is InChI=1S/C22H28N2O3/c1-4-20(22(26)23-3)24(15-14-18-8-6-5-7-9-18)21(25)16-27-19-12-10-17(2)11-13-19/h5-13,20H,4,14-16H2,1-3H3,(H,23,26). The Kier molecular flexibility index (Phi) is 7.86. The van der Waals surface area contributed by atoms with Crippen LogP contribution < -0.4 is 10.1 Å². The smallest absolute Gasteiger partial charge is 0.261 e. The molecule has 0 radical (unpaired) electrons. The van der Waals surface area contributed by atoms with Crippen molar-refractivity contribution in [1.82, 2.24) is 10.2 Å². The molecule has 0 aliphatic rings. The van der Waals surface area contributed by atoms with E-state index >= 15 is 0 Å². The van der Waals surface area contributed by atoms with E-state index in [-0.39, 0.29) is 18.4 Å². The highest BCUT2D eigenvalue weighted by molar-refractivity contribution is 5.88. The zero-order valence-corrected chi connectivity index (χ0v) is 16.3. The Labute approximate surface area is 161 Å². The van der Waals surface area contributed by atoms with Gasteiger partial charge in [-0.2, -0.15) is 0 Å². The maximum atomic E-state index is 12.8. The quantitative estimate of drug-likeness (QED) is 0.740. The van der Waals surface area contributed by atoms with Gasteiger partial charge in [0.05, 0.1) is 0 Å². The molecule has 0 spiro atoms. The van der Waals surface area contributed by atoms with E-state index in [4.69, 9.17) is 4.74 Å². The molecule has 0 bridgehead atoms. The van der Waals surface area contributed by atoms with Crippen LogP contribution in [0, 0.1) is 6.92 Å². The fraction of sp³-hybridized carbons (Fsp3) is 0.364. The van der Waals surface area contributed by atoms with Gasteiger partial charge in [-0.05, 0) is 37.5 Å². The highest BCUT2D eigenvalue weighted by Gasteiger charge is 2.27. The lowest BCUT2D eigenvalue weighted by atomic mass is 10.1. The van der Waals surface area contributed by atoms with Gasteiger partial charge in [0, 0.05) is 13.6 Å². The average Bonchev–Trinajstić information content (AvgIpc) is 2.70. The van der Waals surface area contributed by atoms with Gasteiger partial charge in [-0.25, -0.2) is 0 Å². The predicted octanol–water partition coefficient (Wildman–Crippen LogP) is 2.97. The summed E-state index contributed by atoms with van der Waals surface area (Å²) in [6, 6.07) is 17.0. The highest BCUT2D eigenvalue weighted by Crippen LogP contribution is 2.13. The number of aryl methyl sites for hydroxylation is 1. The van der Waals surface area contributed by atoms with Crippen molar-refractivity contribution in [3.63, 3.8) is 0 Å². The summed E-state index contributed by atoms with van der Waals surface area (Å²) in [5.74, 6) is 0.293. The van der Waals surface area contributed by atoms with Gasteiger partial charge in [-0.3, -0.25) is 9.59 Å². The van der Waals surface area contributed by atoms with Crippen molar-refractivity contribution < 1.29 is 14.3 Å². The molecular formula is C22H28N2O3. The number of carbonyl (C=O) groups excluding carboxylic acids is 2. The van der Waals surface area contributed by atoms with Crippen LogP contribution in [0.1, 0.15) is 24.5 Å². The normalized spacial score (nSPS) is 11.5. The Morgan fingerprint density at radius 1 is 1.07 bits per heavy atom. The molecule has 0 saturated carbocycles. The lowest BCUT2D eigenvalue weighted by Gasteiger charge is -2.30. The predicted molar refractivity (Wildman–Crippen MR) is 107 cm³/mol. The summed E-state index contributed by atoms with van der Waals surface area (Å²) in [6.45, 7) is 4.27. The first-order chi connectivity index (χ1) is 13.0. The van der Waals surface area contributed by atoms with E-state index in [2.05, 4.69) is 5.32 Å². The van der Waals surface area contributed by atoms with Gasteiger partial charge in [-0.1, -0.05) is 55.0 Å². The molecule has 2 aromatic carbocycles. The highest BCUT2D eigenvalue weighted by atomic mass is 16.5. The molecule has 144 valence electrons. The van der Waals surface area contributed by atoms with Crippen molar-refractivity contribution in [1.29, 1.82) is 0 Å². The van der Waals surface area contributed by atoms with Crippen LogP contribution in [0.5, 0.6) is 5.75 Å². The van der Waals surface area contributed by atoms with E-state index in [1.54, 1.807) is 11.9 Å². The summed E-state index contributed by atoms with van der Waals surface area (Å²) in [7, 11) is 1.59. The minimum atomic E-state index is -0.507. The fourth-order valence-electron chi connectivity index (χ4n) is 2.92. The van der Waals surface area contributed by atoms with Gasteiger partial charge in [0.2, 0.25) is 5.91 Å². The van der Waals surface area contributed by atoms with Crippen LogP contribution in [0.4, 0.5) is 0 Å². The maximum Gasteiger partial charge on any atom is 0.261 e. The van der Waals surface area contributed by atoms with Crippen molar-refractivity contribution in [3.8, 4) is 5.75 Å². The second-order valence-electron chi connectivity index (χ2n) is 6.46. The minimum absolute atomic E-state index is 0.0919. The third-order valence-corrected chi connectivity index (χ3v) is 4.50. The third kappa shape index (κ3) is 6.13. The summed E-state index contributed by atoms with van der Waals surface area (Å²) < 4.78 is 5.64. The molecule has 1 atom stereocenters. The number of nitrogens with zero attached hydrogens (tertiary/aromatic N) is 1. The van der Waals surface area contributed by atoms with Gasteiger partial charge in [0.1, 0.15) is 11.8 Å². The largest absolute Gasteiger partial charge is 0.484 e. The summed E-state index contributed by atoms with van der Waals surface area (Å²) in [5.41, 5.74) is 2.25. The van der Waals surface area contributed by atoms with E-state index in [0.717, 1.165) is 11.1 Å². The topological polar surface area (TPSA) is 58.6 Å². The third-order valence-electron chi connectivity index (χ3n) is 4.50. The zero-order valence-electron chi connectivity index (χ0n) is 16.3. The first-order valence-corrected chi connectivity index (χ1v) is 9.29. The Balaban J connectivity index is 2.07. The van der Waals surface area contributed by atoms with E-state index in [1.807, 2.05) is 68.4 Å². The number of likely N-dealkylation sites (N-methyl/N-ethyl adjacent to an activating group) is 1. The van der Waals surface area contributed by atoms with Crippen molar-refractivity contribution in [2.24, 2.45) is 0 Å². The maximum absolute atomic E-state index is 12.8. The second-order valence-corrected chi connectivity index (χ2v) is 6.46. The number of carbonyl (C=O) groups is 2. The summed E-state index contributed by atoms with van der Waals surface area (Å²) in [6.07, 6.45) is 1.23. The van der Waals surface area contributed by atoms with Gasteiger partial charge < -0.3 is 15.0 Å². The molecular weight excluding hydrogens is 340 g/mol. The van der Waals surface area contributed by atoms with Crippen LogP contribution in [0.25, 0.3) is 0 Å². The molecule has 5 heteroatoms. The molecule has 0 aliphatic carbocycles. The van der Waals surface area contributed by atoms with Gasteiger partial charge >= 0.3 is 0 Å². The molecule has 0 aromatic heterocycles. The number of nitrogens with one attached hydrogen (secondary N) is 1. The molecule has 0 fully saturated rings. The van der Waals surface area contributed by atoms with Gasteiger partial charge in [0.25, 0.3) is 5.91 Å². The van der Waals surface area contributed by atoms with E-state index < -0.39 is 6.04 Å². The van der Waals surface area contributed by atoms with Gasteiger partial charge in [-0.15, -0.1) is 0 Å². The van der Waals surface area contributed by atoms with Gasteiger partial charge in [0.15, 0.2) is 6.61 Å². The van der Waals surface area contributed by atoms with Crippen molar-refractivity contribution in [2.75, 3.05) is 20.2 Å². The summed E-state index contributed by atoms with van der Waals surface area (Å²) >= 11 is 0. The summed E-state index contributed by atoms with van der Waals surface area (Å²) in [4.78, 5) is 26.7. The van der Waals surface area contributed by atoms with Crippen molar-refractivity contribution >= 4 is 11.8 Å². The van der Waals surface area contributed by atoms with Crippen LogP contribution in [-0.4, -0.2) is 43.0 Å². The van der Waals surface area contributed by atoms with E-state index in [1.165, 1.54) is 0 Å². The van der Waals surface area contributed by atoms with Crippen LogP contribution in [0.3, 0.4) is 0 Å². The minimum Gasteiger partial charge on any atom is -0.484 e. The van der Waals surface area contributed by atoms with Crippen LogP contribution >= 0.6 is 0 Å². The molecule has 27 heavy (non-hydrogen) atoms. The molecule has 0 saturated heterocycles. The van der Waals surface area contributed by atoms with E-state index in [9.17, 15) is 9.59 Å². The second kappa shape index (κ2) is 10.4. The number of amides is 2. The lowest BCUT2D eigenvalue weighted by Crippen LogP contribution is -2.50. The number of hydrogen-bond acceptors (Lipinski definition) is 3. The number of hydrogen-bond donors (Lipinski definition) is 1. The first kappa shape index (κ1) is 20.5. The van der Waals surface area contributed by atoms with Crippen LogP contribution in [-0.2, 0) is 16.0 Å². The molecule has 0 aliphatic heterocycles. The monoisotopic (exact) mass is 368 g/mol.